The molecule has 0 amide bonds. The van der Waals surface area contributed by atoms with Crippen LogP contribution in [-0.2, 0) is 28.7 Å². The van der Waals surface area contributed by atoms with Gasteiger partial charge in [0.15, 0.2) is 0 Å². The Hall–Kier alpha value is -3.32. The molecule has 0 aliphatic rings. The maximum atomic E-state index is 10.6. The second kappa shape index (κ2) is 22.9. The first-order chi connectivity index (χ1) is 15.4. The lowest BCUT2D eigenvalue weighted by molar-refractivity contribution is -0.143. The maximum absolute atomic E-state index is 10.6. The summed E-state index contributed by atoms with van der Waals surface area (Å²) in [5.41, 5.74) is 0.898. The number of ether oxygens (including phenoxy) is 2. The van der Waals surface area contributed by atoms with E-state index in [2.05, 4.69) is 35.8 Å². The third kappa shape index (κ3) is 30.9. The van der Waals surface area contributed by atoms with Crippen LogP contribution in [0.2, 0.25) is 0 Å². The topological polar surface area (TPSA) is 208 Å². The molecule has 0 heterocycles. The van der Waals surface area contributed by atoms with Gasteiger partial charge in [-0.15, -0.1) is 0 Å². The SMILES string of the molecule is C=C(C)C(=O)O.C=C(C)C(=O)O.C=C(C)C(=O)OCC(O)CO.C=C(C)C(=O)OCC(O)CO. The Morgan fingerprint density at radius 2 is 0.824 bits per heavy atom. The van der Waals surface area contributed by atoms with Crippen molar-refractivity contribution in [1.82, 2.24) is 0 Å². The smallest absolute Gasteiger partial charge is 0.333 e. The molecular formula is C22H36O12. The van der Waals surface area contributed by atoms with Crippen LogP contribution in [0.3, 0.4) is 0 Å². The highest BCUT2D eigenvalue weighted by atomic mass is 16.5. The Morgan fingerprint density at radius 1 is 0.618 bits per heavy atom. The molecule has 0 aromatic rings. The molecule has 0 spiro atoms. The molecule has 0 rings (SSSR count). The molecule has 34 heavy (non-hydrogen) atoms. The average Bonchev–Trinajstić information content (AvgIpc) is 2.75. The Kier molecular flexibility index (Phi) is 25.5. The monoisotopic (exact) mass is 492 g/mol. The minimum atomic E-state index is -1.00. The minimum absolute atomic E-state index is 0.176. The lowest BCUT2D eigenvalue weighted by atomic mass is 10.3. The zero-order valence-corrected chi connectivity index (χ0v) is 19.9. The zero-order chi connectivity index (χ0) is 28.0. The molecule has 6 N–H and O–H groups in total. The molecule has 0 bridgehead atoms. The van der Waals surface area contributed by atoms with Gasteiger partial charge in [0, 0.05) is 22.3 Å². The molecule has 0 aliphatic heterocycles. The highest BCUT2D eigenvalue weighted by Crippen LogP contribution is 1.94. The standard InChI is InChI=1S/2C7H12O4.2C4H6O2/c2*1-5(2)7(10)11-4-6(9)3-8;2*1-3(2)4(5)6/h2*6,8-9H,1,3-4H2,2H3;2*1H2,2H3,(H,5,6). The summed E-state index contributed by atoms with van der Waals surface area (Å²) in [5, 5.41) is 49.9. The van der Waals surface area contributed by atoms with Gasteiger partial charge in [0.25, 0.3) is 0 Å². The van der Waals surface area contributed by atoms with Crippen LogP contribution >= 0.6 is 0 Å². The summed E-state index contributed by atoms with van der Waals surface area (Å²) in [6.07, 6.45) is -2.00. The number of aliphatic carboxylic acids is 2. The number of carboxylic acids is 2. The summed E-state index contributed by atoms with van der Waals surface area (Å²) in [4.78, 5) is 40.5. The summed E-state index contributed by atoms with van der Waals surface area (Å²) in [6, 6.07) is 0. The largest absolute Gasteiger partial charge is 0.478 e. The van der Waals surface area contributed by atoms with Crippen LogP contribution in [0.5, 0.6) is 0 Å². The molecule has 0 radical (unpaired) electrons. The van der Waals surface area contributed by atoms with Gasteiger partial charge < -0.3 is 40.1 Å². The Balaban J connectivity index is -0.000000184. The molecule has 196 valence electrons. The van der Waals surface area contributed by atoms with E-state index in [1.807, 2.05) is 0 Å². The van der Waals surface area contributed by atoms with E-state index in [0.29, 0.717) is 0 Å². The molecule has 2 unspecified atom stereocenters. The number of esters is 2. The average molecular weight is 493 g/mol. The van der Waals surface area contributed by atoms with E-state index in [-0.39, 0.29) is 35.5 Å². The van der Waals surface area contributed by atoms with Gasteiger partial charge in [-0.1, -0.05) is 26.3 Å². The van der Waals surface area contributed by atoms with Crippen LogP contribution in [0.1, 0.15) is 27.7 Å². The van der Waals surface area contributed by atoms with Gasteiger partial charge in [-0.3, -0.25) is 0 Å². The van der Waals surface area contributed by atoms with E-state index in [0.717, 1.165) is 0 Å². The predicted octanol–water partition coefficient (Wildman–Crippen LogP) is 0.212. The number of hydrogen-bond acceptors (Lipinski definition) is 10. The van der Waals surface area contributed by atoms with Gasteiger partial charge in [0.1, 0.15) is 25.4 Å². The van der Waals surface area contributed by atoms with Crippen molar-refractivity contribution < 1.29 is 59.3 Å². The second-order valence-corrected chi connectivity index (χ2v) is 6.60. The van der Waals surface area contributed by atoms with Crippen LogP contribution in [0, 0.1) is 0 Å². The molecule has 12 nitrogen and oxygen atoms in total. The van der Waals surface area contributed by atoms with Gasteiger partial charge >= 0.3 is 23.9 Å². The van der Waals surface area contributed by atoms with Crippen molar-refractivity contribution in [2.75, 3.05) is 26.4 Å². The Morgan fingerprint density at radius 3 is 0.941 bits per heavy atom. The third-order valence-electron chi connectivity index (χ3n) is 2.66. The van der Waals surface area contributed by atoms with Crippen molar-refractivity contribution in [3.63, 3.8) is 0 Å². The summed E-state index contributed by atoms with van der Waals surface area (Å²) in [5.74, 6) is -2.99. The second-order valence-electron chi connectivity index (χ2n) is 6.60. The molecule has 0 aliphatic carbocycles. The van der Waals surface area contributed by atoms with Gasteiger partial charge in [-0.2, -0.15) is 0 Å². The van der Waals surface area contributed by atoms with E-state index in [9.17, 15) is 19.2 Å². The molecule has 0 aromatic carbocycles. The highest BCUT2D eigenvalue weighted by molar-refractivity contribution is 5.87. The number of aliphatic hydroxyl groups excluding tert-OH is 4. The fourth-order valence-electron chi connectivity index (χ4n) is 0.696. The van der Waals surface area contributed by atoms with Gasteiger partial charge in [-0.25, -0.2) is 19.2 Å². The lowest BCUT2D eigenvalue weighted by Crippen LogP contribution is -2.22. The van der Waals surface area contributed by atoms with Gasteiger partial charge in [-0.05, 0) is 27.7 Å². The van der Waals surface area contributed by atoms with E-state index < -0.39 is 49.3 Å². The lowest BCUT2D eigenvalue weighted by Gasteiger charge is -2.07. The number of carbonyl (C=O) groups excluding carboxylic acids is 2. The summed E-state index contributed by atoms with van der Waals surface area (Å²) in [6.45, 7) is 17.7. The highest BCUT2D eigenvalue weighted by Gasteiger charge is 2.08. The van der Waals surface area contributed by atoms with E-state index in [1.54, 1.807) is 0 Å². The third-order valence-corrected chi connectivity index (χ3v) is 2.66. The first-order valence-electron chi connectivity index (χ1n) is 9.45. The molecule has 0 aromatic heterocycles. The van der Waals surface area contributed by atoms with Crippen LogP contribution in [-0.4, -0.2) is 93.2 Å². The first kappa shape index (κ1) is 38.0. The maximum Gasteiger partial charge on any atom is 0.333 e. The Labute approximate surface area is 198 Å². The van der Waals surface area contributed by atoms with E-state index >= 15 is 0 Å². The van der Waals surface area contributed by atoms with Crippen molar-refractivity contribution in [3.8, 4) is 0 Å². The van der Waals surface area contributed by atoms with Crippen LogP contribution in [0.4, 0.5) is 0 Å². The molecule has 0 saturated heterocycles. The fourth-order valence-corrected chi connectivity index (χ4v) is 0.696. The van der Waals surface area contributed by atoms with Gasteiger partial charge in [0.05, 0.1) is 13.2 Å². The molecule has 0 fully saturated rings. The Bertz CT molecular complexity index is 625. The molecular weight excluding hydrogens is 456 g/mol. The van der Waals surface area contributed by atoms with Crippen LogP contribution in [0.15, 0.2) is 48.6 Å². The number of carbonyl (C=O) groups is 4. The summed E-state index contributed by atoms with van der Waals surface area (Å²) in [7, 11) is 0. The number of hydrogen-bond donors (Lipinski definition) is 6. The number of aliphatic hydroxyl groups is 4. The molecule has 0 saturated carbocycles. The minimum Gasteiger partial charge on any atom is -0.478 e. The van der Waals surface area contributed by atoms with E-state index in [4.69, 9.17) is 30.6 Å². The summed E-state index contributed by atoms with van der Waals surface area (Å²) < 4.78 is 9.02. The van der Waals surface area contributed by atoms with Crippen molar-refractivity contribution in [2.45, 2.75) is 39.9 Å². The van der Waals surface area contributed by atoms with Crippen molar-refractivity contribution in [2.24, 2.45) is 0 Å². The predicted molar refractivity (Wildman–Crippen MR) is 123 cm³/mol. The van der Waals surface area contributed by atoms with E-state index in [1.165, 1.54) is 27.7 Å². The van der Waals surface area contributed by atoms with Gasteiger partial charge in [0.2, 0.25) is 0 Å². The number of carboxylic acid groups (broad SMARTS) is 2. The summed E-state index contributed by atoms with van der Waals surface area (Å²) >= 11 is 0. The van der Waals surface area contributed by atoms with Crippen molar-refractivity contribution >= 4 is 23.9 Å². The zero-order valence-electron chi connectivity index (χ0n) is 19.9. The van der Waals surface area contributed by atoms with Crippen molar-refractivity contribution in [3.05, 3.63) is 48.6 Å². The molecule has 12 heteroatoms. The van der Waals surface area contributed by atoms with Crippen molar-refractivity contribution in [1.29, 1.82) is 0 Å². The van der Waals surface area contributed by atoms with Crippen LogP contribution < -0.4 is 0 Å². The van der Waals surface area contributed by atoms with Crippen LogP contribution in [0.25, 0.3) is 0 Å². The molecule has 2 atom stereocenters. The quantitative estimate of drug-likeness (QED) is 0.179. The number of rotatable bonds is 10. The fraction of sp³-hybridized carbons (Fsp3) is 0.455. The first-order valence-corrected chi connectivity index (χ1v) is 9.45. The normalized spacial score (nSPS) is 10.6.